The summed E-state index contributed by atoms with van der Waals surface area (Å²) in [6.45, 7) is 1.99. The molecule has 1 saturated heterocycles. The number of likely N-dealkylation sites (N-methyl/N-ethyl adjacent to an activating group) is 1. The quantitative estimate of drug-likeness (QED) is 0.670. The van der Waals surface area contributed by atoms with Crippen molar-refractivity contribution in [3.63, 3.8) is 0 Å². The number of ether oxygens (including phenoxy) is 3. The number of hydrogen-bond acceptors (Lipinski definition) is 5. The van der Waals surface area contributed by atoms with Gasteiger partial charge in [-0.05, 0) is 43.3 Å². The molecule has 9 heteroatoms. The van der Waals surface area contributed by atoms with Gasteiger partial charge in [0.05, 0.1) is 5.56 Å². The second kappa shape index (κ2) is 7.95. The number of anilines is 1. The van der Waals surface area contributed by atoms with Gasteiger partial charge in [-0.3, -0.25) is 0 Å². The highest BCUT2D eigenvalue weighted by atomic mass is 79.9. The van der Waals surface area contributed by atoms with Gasteiger partial charge in [0.2, 0.25) is 6.79 Å². The number of nitrogens with one attached hydrogen (secondary N) is 1. The molecule has 5 nitrogen and oxygen atoms in total. The van der Waals surface area contributed by atoms with E-state index in [-0.39, 0.29) is 18.6 Å². The predicted molar refractivity (Wildman–Crippen MR) is 106 cm³/mol. The van der Waals surface area contributed by atoms with Crippen molar-refractivity contribution < 1.29 is 27.4 Å². The molecule has 0 radical (unpaired) electrons. The number of hydrogen-bond donors (Lipinski definition) is 1. The monoisotopic (exact) mass is 472 g/mol. The largest absolute Gasteiger partial charge is 0.488 e. The molecule has 1 N–H and O–H groups in total. The van der Waals surface area contributed by atoms with E-state index in [0.29, 0.717) is 36.7 Å². The van der Waals surface area contributed by atoms with Gasteiger partial charge in [0, 0.05) is 35.9 Å². The molecule has 2 aromatic rings. The Balaban J connectivity index is 1.52. The van der Waals surface area contributed by atoms with Crippen molar-refractivity contribution in [2.24, 2.45) is 0 Å². The van der Waals surface area contributed by atoms with E-state index in [1.165, 1.54) is 12.1 Å². The zero-order valence-electron chi connectivity index (χ0n) is 15.7. The van der Waals surface area contributed by atoms with E-state index in [1.807, 2.05) is 24.1 Å². The molecular weight excluding hydrogens is 453 g/mol. The van der Waals surface area contributed by atoms with Gasteiger partial charge in [-0.15, -0.1) is 0 Å². The van der Waals surface area contributed by atoms with Crippen LogP contribution < -0.4 is 19.5 Å². The maximum atomic E-state index is 13.4. The van der Waals surface area contributed by atoms with Crippen molar-refractivity contribution in [1.29, 1.82) is 0 Å². The molecule has 0 spiro atoms. The van der Waals surface area contributed by atoms with Crippen molar-refractivity contribution in [3.05, 3.63) is 45.9 Å². The zero-order chi connectivity index (χ0) is 20.6. The van der Waals surface area contributed by atoms with E-state index in [9.17, 15) is 13.2 Å². The Bertz CT molecular complexity index is 907. The van der Waals surface area contributed by atoms with Crippen LogP contribution in [0.3, 0.4) is 0 Å². The molecule has 29 heavy (non-hydrogen) atoms. The van der Waals surface area contributed by atoms with Crippen molar-refractivity contribution in [2.75, 3.05) is 32.2 Å². The predicted octanol–water partition coefficient (Wildman–Crippen LogP) is 4.89. The zero-order valence-corrected chi connectivity index (χ0v) is 17.3. The molecule has 2 aliphatic rings. The number of benzene rings is 2. The summed E-state index contributed by atoms with van der Waals surface area (Å²) in [6, 6.07) is 7.55. The molecular formula is C20H20BrF3N2O3. The summed E-state index contributed by atoms with van der Waals surface area (Å²) in [6.07, 6.45) is -4.02. The van der Waals surface area contributed by atoms with E-state index in [2.05, 4.69) is 21.2 Å². The van der Waals surface area contributed by atoms with Gasteiger partial charge < -0.3 is 24.4 Å². The normalized spacial score (nSPS) is 18.9. The van der Waals surface area contributed by atoms with Crippen molar-refractivity contribution in [1.82, 2.24) is 4.90 Å². The highest BCUT2D eigenvalue weighted by Crippen LogP contribution is 2.40. The van der Waals surface area contributed by atoms with Crippen molar-refractivity contribution in [2.45, 2.75) is 25.2 Å². The fraction of sp³-hybridized carbons (Fsp3) is 0.400. The second-order valence-electron chi connectivity index (χ2n) is 7.15. The van der Waals surface area contributed by atoms with Gasteiger partial charge >= 0.3 is 6.18 Å². The van der Waals surface area contributed by atoms with E-state index < -0.39 is 11.7 Å². The first kappa shape index (κ1) is 20.2. The standard InChI is InChI=1S/C20H20BrF3N2O3/c1-26-5-4-14(10-26)29-17-7-13(2-3-15(17)20(22,23)24)25-9-12-6-18-19(8-16(12)21)28-11-27-18/h2-3,6-8,14,25H,4-5,9-11H2,1H3/t14-/m1/s1. The minimum Gasteiger partial charge on any atom is -0.488 e. The molecule has 2 heterocycles. The lowest BCUT2D eigenvalue weighted by atomic mass is 10.1. The van der Waals surface area contributed by atoms with Crippen LogP contribution in [-0.4, -0.2) is 37.9 Å². The molecule has 0 aromatic heterocycles. The van der Waals surface area contributed by atoms with Gasteiger partial charge in [0.25, 0.3) is 0 Å². The van der Waals surface area contributed by atoms with Crippen LogP contribution in [0, 0.1) is 0 Å². The van der Waals surface area contributed by atoms with E-state index in [0.717, 1.165) is 22.6 Å². The first-order valence-corrected chi connectivity index (χ1v) is 9.97. The van der Waals surface area contributed by atoms with Crippen LogP contribution >= 0.6 is 15.9 Å². The number of likely N-dealkylation sites (tertiary alicyclic amines) is 1. The van der Waals surface area contributed by atoms with Gasteiger partial charge in [-0.2, -0.15) is 13.2 Å². The summed E-state index contributed by atoms with van der Waals surface area (Å²) in [4.78, 5) is 2.04. The van der Waals surface area contributed by atoms with Crippen LogP contribution in [-0.2, 0) is 12.7 Å². The molecule has 1 fully saturated rings. The number of halogens is 4. The fourth-order valence-electron chi connectivity index (χ4n) is 3.43. The third kappa shape index (κ3) is 4.56. The topological polar surface area (TPSA) is 43.0 Å². The summed E-state index contributed by atoms with van der Waals surface area (Å²) in [7, 11) is 1.93. The van der Waals surface area contributed by atoms with E-state index in [1.54, 1.807) is 0 Å². The van der Waals surface area contributed by atoms with E-state index >= 15 is 0 Å². The van der Waals surface area contributed by atoms with Gasteiger partial charge in [-0.1, -0.05) is 15.9 Å². The minimum atomic E-state index is -4.47. The second-order valence-corrected chi connectivity index (χ2v) is 8.00. The van der Waals surface area contributed by atoms with Crippen LogP contribution in [0.15, 0.2) is 34.8 Å². The van der Waals surface area contributed by atoms with Crippen molar-refractivity contribution >= 4 is 21.6 Å². The highest BCUT2D eigenvalue weighted by Gasteiger charge is 2.35. The Hall–Kier alpha value is -2.13. The van der Waals surface area contributed by atoms with Crippen molar-refractivity contribution in [3.8, 4) is 17.2 Å². The summed E-state index contributed by atoms with van der Waals surface area (Å²) >= 11 is 3.49. The molecule has 4 rings (SSSR count). The molecule has 2 aromatic carbocycles. The Kier molecular flexibility index (Phi) is 5.52. The Morgan fingerprint density at radius 3 is 2.66 bits per heavy atom. The summed E-state index contributed by atoms with van der Waals surface area (Å²) < 4.78 is 57.5. The number of nitrogens with zero attached hydrogens (tertiary/aromatic N) is 1. The fourth-order valence-corrected chi connectivity index (χ4v) is 3.89. The Morgan fingerprint density at radius 1 is 1.21 bits per heavy atom. The third-order valence-electron chi connectivity index (χ3n) is 4.95. The van der Waals surface area contributed by atoms with Gasteiger partial charge in [-0.25, -0.2) is 0 Å². The molecule has 0 aliphatic carbocycles. The lowest BCUT2D eigenvalue weighted by molar-refractivity contribution is -0.139. The average Bonchev–Trinajstić information content (AvgIpc) is 3.27. The summed E-state index contributed by atoms with van der Waals surface area (Å²) in [5.41, 5.74) is 0.680. The van der Waals surface area contributed by atoms with Gasteiger partial charge in [0.1, 0.15) is 11.9 Å². The lowest BCUT2D eigenvalue weighted by Crippen LogP contribution is -2.23. The maximum Gasteiger partial charge on any atom is 0.419 e. The lowest BCUT2D eigenvalue weighted by Gasteiger charge is -2.20. The number of fused-ring (bicyclic) bond motifs is 1. The molecule has 0 saturated carbocycles. The number of rotatable bonds is 5. The molecule has 0 bridgehead atoms. The van der Waals surface area contributed by atoms with Crippen LogP contribution in [0.2, 0.25) is 0 Å². The first-order valence-electron chi connectivity index (χ1n) is 9.18. The first-order chi connectivity index (χ1) is 13.8. The SMILES string of the molecule is CN1CC[C@@H](Oc2cc(NCc3cc4c(cc3Br)OCO4)ccc2C(F)(F)F)C1. The molecule has 1 atom stereocenters. The summed E-state index contributed by atoms with van der Waals surface area (Å²) in [5, 5.41) is 3.16. The van der Waals surface area contributed by atoms with Crippen LogP contribution in [0.5, 0.6) is 17.2 Å². The molecule has 0 unspecified atom stereocenters. The van der Waals surface area contributed by atoms with Gasteiger partial charge in [0.15, 0.2) is 11.5 Å². The number of alkyl halides is 3. The molecule has 0 amide bonds. The Labute approximate surface area is 174 Å². The highest BCUT2D eigenvalue weighted by molar-refractivity contribution is 9.10. The smallest absolute Gasteiger partial charge is 0.419 e. The average molecular weight is 473 g/mol. The molecule has 156 valence electrons. The summed E-state index contributed by atoms with van der Waals surface area (Å²) in [5.74, 6) is 1.16. The molecule has 2 aliphatic heterocycles. The van der Waals surface area contributed by atoms with Crippen LogP contribution in [0.1, 0.15) is 17.5 Å². The van der Waals surface area contributed by atoms with Crippen LogP contribution in [0.4, 0.5) is 18.9 Å². The third-order valence-corrected chi connectivity index (χ3v) is 5.69. The minimum absolute atomic E-state index is 0.146. The van der Waals surface area contributed by atoms with Crippen LogP contribution in [0.25, 0.3) is 0 Å². The Morgan fingerprint density at radius 2 is 1.97 bits per heavy atom. The van der Waals surface area contributed by atoms with E-state index in [4.69, 9.17) is 14.2 Å². The maximum absolute atomic E-state index is 13.4.